The largest absolute Gasteiger partial charge is 0.497 e. The van der Waals surface area contributed by atoms with E-state index in [0.717, 1.165) is 34.9 Å². The minimum Gasteiger partial charge on any atom is -0.497 e. The van der Waals surface area contributed by atoms with Gasteiger partial charge in [0, 0.05) is 17.5 Å². The second-order valence-corrected chi connectivity index (χ2v) is 5.22. The van der Waals surface area contributed by atoms with Crippen molar-refractivity contribution in [2.24, 2.45) is 0 Å². The summed E-state index contributed by atoms with van der Waals surface area (Å²) in [6, 6.07) is 16.0. The van der Waals surface area contributed by atoms with Gasteiger partial charge < -0.3 is 9.47 Å². The second kappa shape index (κ2) is 5.22. The molecule has 0 saturated carbocycles. The van der Waals surface area contributed by atoms with E-state index in [9.17, 15) is 0 Å². The lowest BCUT2D eigenvalue weighted by atomic mass is 10.1. The molecule has 3 aromatic rings. The average Bonchev–Trinajstić information content (AvgIpc) is 2.90. The van der Waals surface area contributed by atoms with Gasteiger partial charge in [0.15, 0.2) is 0 Å². The third-order valence-electron chi connectivity index (χ3n) is 3.93. The summed E-state index contributed by atoms with van der Waals surface area (Å²) in [5, 5.41) is 4.58. The van der Waals surface area contributed by atoms with E-state index >= 15 is 0 Å². The molecule has 0 fully saturated rings. The minimum atomic E-state index is 0.679. The number of fused-ring (bicyclic) bond motifs is 3. The van der Waals surface area contributed by atoms with E-state index in [1.807, 2.05) is 53.3 Å². The van der Waals surface area contributed by atoms with Gasteiger partial charge in [-0.2, -0.15) is 5.10 Å². The molecule has 0 radical (unpaired) electrons. The Balaban J connectivity index is 1.89. The zero-order chi connectivity index (χ0) is 14.9. The van der Waals surface area contributed by atoms with Crippen LogP contribution < -0.4 is 9.47 Å². The zero-order valence-electron chi connectivity index (χ0n) is 12.3. The van der Waals surface area contributed by atoms with Crippen molar-refractivity contribution in [3.8, 4) is 28.4 Å². The molecule has 0 amide bonds. The molecular formula is C18H16N2O2. The quantitative estimate of drug-likeness (QED) is 0.725. The molecule has 2 heterocycles. The topological polar surface area (TPSA) is 36.3 Å². The van der Waals surface area contributed by atoms with Gasteiger partial charge in [-0.05, 0) is 36.4 Å². The van der Waals surface area contributed by atoms with Gasteiger partial charge in [0.05, 0.1) is 31.3 Å². The molecule has 1 aliphatic rings. The molecule has 0 saturated heterocycles. The summed E-state index contributed by atoms with van der Waals surface area (Å²) in [5.74, 6) is 1.75. The lowest BCUT2D eigenvalue weighted by molar-refractivity contribution is 0.326. The van der Waals surface area contributed by atoms with Crippen LogP contribution in [0.3, 0.4) is 0 Å². The summed E-state index contributed by atoms with van der Waals surface area (Å²) in [5.41, 5.74) is 4.42. The van der Waals surface area contributed by atoms with Crippen LogP contribution in [-0.4, -0.2) is 23.5 Å². The van der Waals surface area contributed by atoms with Crippen molar-refractivity contribution in [3.63, 3.8) is 0 Å². The summed E-state index contributed by atoms with van der Waals surface area (Å²) < 4.78 is 13.1. The Morgan fingerprint density at radius 3 is 2.73 bits per heavy atom. The van der Waals surface area contributed by atoms with Gasteiger partial charge in [-0.15, -0.1) is 0 Å². The molecule has 0 atom stereocenters. The maximum atomic E-state index is 5.86. The first kappa shape index (κ1) is 13.0. The SMILES string of the molecule is COc1ccc(-n2ncc3c2-c2ccccc2OCC3)cc1. The number of para-hydroxylation sites is 1. The molecule has 110 valence electrons. The van der Waals surface area contributed by atoms with Crippen molar-refractivity contribution in [2.75, 3.05) is 13.7 Å². The fourth-order valence-corrected chi connectivity index (χ4v) is 2.83. The number of benzene rings is 2. The summed E-state index contributed by atoms with van der Waals surface area (Å²) in [6.45, 7) is 0.679. The molecule has 0 spiro atoms. The van der Waals surface area contributed by atoms with Crippen molar-refractivity contribution >= 4 is 0 Å². The Bertz CT molecular complexity index is 806. The molecule has 0 bridgehead atoms. The summed E-state index contributed by atoms with van der Waals surface area (Å²) in [7, 11) is 1.67. The molecule has 22 heavy (non-hydrogen) atoms. The first-order valence-corrected chi connectivity index (χ1v) is 7.30. The second-order valence-electron chi connectivity index (χ2n) is 5.22. The Hall–Kier alpha value is -2.75. The molecule has 1 aromatic heterocycles. The molecule has 0 unspecified atom stereocenters. The van der Waals surface area contributed by atoms with Gasteiger partial charge >= 0.3 is 0 Å². The number of aromatic nitrogens is 2. The highest BCUT2D eigenvalue weighted by Crippen LogP contribution is 2.36. The van der Waals surface area contributed by atoms with Crippen LogP contribution in [0.15, 0.2) is 54.7 Å². The van der Waals surface area contributed by atoms with E-state index in [0.29, 0.717) is 6.61 Å². The lowest BCUT2D eigenvalue weighted by Gasteiger charge is -2.11. The smallest absolute Gasteiger partial charge is 0.128 e. The van der Waals surface area contributed by atoms with Gasteiger partial charge in [-0.25, -0.2) is 4.68 Å². The first-order chi connectivity index (χ1) is 10.9. The van der Waals surface area contributed by atoms with E-state index in [4.69, 9.17) is 9.47 Å². The molecule has 4 nitrogen and oxygen atoms in total. The molecule has 4 heteroatoms. The van der Waals surface area contributed by atoms with Crippen LogP contribution in [0, 0.1) is 0 Å². The monoisotopic (exact) mass is 292 g/mol. The van der Waals surface area contributed by atoms with E-state index < -0.39 is 0 Å². The minimum absolute atomic E-state index is 0.679. The molecule has 0 N–H and O–H groups in total. The maximum absolute atomic E-state index is 5.86. The molecule has 1 aliphatic heterocycles. The number of ether oxygens (including phenoxy) is 2. The molecule has 4 rings (SSSR count). The van der Waals surface area contributed by atoms with Crippen molar-refractivity contribution in [1.82, 2.24) is 9.78 Å². The maximum Gasteiger partial charge on any atom is 0.128 e. The van der Waals surface area contributed by atoms with Crippen LogP contribution in [0.1, 0.15) is 5.56 Å². The summed E-state index contributed by atoms with van der Waals surface area (Å²) in [6.07, 6.45) is 2.80. The lowest BCUT2D eigenvalue weighted by Crippen LogP contribution is -2.00. The molecule has 2 aromatic carbocycles. The Morgan fingerprint density at radius 1 is 1.09 bits per heavy atom. The number of rotatable bonds is 2. The number of hydrogen-bond donors (Lipinski definition) is 0. The normalized spacial score (nSPS) is 12.8. The third-order valence-corrected chi connectivity index (χ3v) is 3.93. The van der Waals surface area contributed by atoms with Crippen LogP contribution >= 0.6 is 0 Å². The van der Waals surface area contributed by atoms with E-state index in [2.05, 4.69) is 11.2 Å². The van der Waals surface area contributed by atoms with Gasteiger partial charge in [0.2, 0.25) is 0 Å². The van der Waals surface area contributed by atoms with Crippen molar-refractivity contribution in [2.45, 2.75) is 6.42 Å². The summed E-state index contributed by atoms with van der Waals surface area (Å²) >= 11 is 0. The number of methoxy groups -OCH3 is 1. The number of nitrogens with zero attached hydrogens (tertiary/aromatic N) is 2. The first-order valence-electron chi connectivity index (χ1n) is 7.30. The van der Waals surface area contributed by atoms with Crippen LogP contribution in [0.4, 0.5) is 0 Å². The fourth-order valence-electron chi connectivity index (χ4n) is 2.83. The van der Waals surface area contributed by atoms with Crippen LogP contribution in [0.25, 0.3) is 16.9 Å². The predicted molar refractivity (Wildman–Crippen MR) is 84.8 cm³/mol. The Labute approximate surface area is 128 Å². The van der Waals surface area contributed by atoms with Crippen LogP contribution in [-0.2, 0) is 6.42 Å². The van der Waals surface area contributed by atoms with Crippen LogP contribution in [0.2, 0.25) is 0 Å². The van der Waals surface area contributed by atoms with Crippen LogP contribution in [0.5, 0.6) is 11.5 Å². The van der Waals surface area contributed by atoms with E-state index in [-0.39, 0.29) is 0 Å². The van der Waals surface area contributed by atoms with Gasteiger partial charge in [0.1, 0.15) is 11.5 Å². The van der Waals surface area contributed by atoms with E-state index in [1.54, 1.807) is 7.11 Å². The highest BCUT2D eigenvalue weighted by molar-refractivity contribution is 5.72. The van der Waals surface area contributed by atoms with Crippen molar-refractivity contribution in [1.29, 1.82) is 0 Å². The summed E-state index contributed by atoms with van der Waals surface area (Å²) in [4.78, 5) is 0. The average molecular weight is 292 g/mol. The standard InChI is InChI=1S/C18H16N2O2/c1-21-15-8-6-14(7-9-15)20-18-13(12-19-20)10-11-22-17-5-3-2-4-16(17)18/h2-9,12H,10-11H2,1H3. The van der Waals surface area contributed by atoms with E-state index in [1.165, 1.54) is 5.56 Å². The Kier molecular flexibility index (Phi) is 3.07. The third kappa shape index (κ3) is 2.04. The van der Waals surface area contributed by atoms with Crippen molar-refractivity contribution in [3.05, 3.63) is 60.3 Å². The Morgan fingerprint density at radius 2 is 1.91 bits per heavy atom. The van der Waals surface area contributed by atoms with Crippen molar-refractivity contribution < 1.29 is 9.47 Å². The fraction of sp³-hybridized carbons (Fsp3) is 0.167. The van der Waals surface area contributed by atoms with Gasteiger partial charge in [0.25, 0.3) is 0 Å². The zero-order valence-corrected chi connectivity index (χ0v) is 12.3. The van der Waals surface area contributed by atoms with Gasteiger partial charge in [-0.1, -0.05) is 12.1 Å². The predicted octanol–water partition coefficient (Wildman–Crippen LogP) is 3.48. The number of hydrogen-bond acceptors (Lipinski definition) is 3. The highest BCUT2D eigenvalue weighted by atomic mass is 16.5. The highest BCUT2D eigenvalue weighted by Gasteiger charge is 2.20. The molecule has 0 aliphatic carbocycles. The van der Waals surface area contributed by atoms with Gasteiger partial charge in [-0.3, -0.25) is 0 Å². The molecular weight excluding hydrogens is 276 g/mol.